The lowest BCUT2D eigenvalue weighted by atomic mass is 10.1. The highest BCUT2D eigenvalue weighted by molar-refractivity contribution is 5.91. The van der Waals surface area contributed by atoms with Crippen molar-refractivity contribution in [1.82, 2.24) is 14.7 Å². The zero-order valence-electron chi connectivity index (χ0n) is 17.4. The van der Waals surface area contributed by atoms with Crippen LogP contribution in [0.5, 0.6) is 5.75 Å². The maximum atomic E-state index is 13.6. The molecular weight excluding hydrogens is 385 g/mol. The molecule has 162 valence electrons. The molecule has 2 saturated heterocycles. The predicted octanol–water partition coefficient (Wildman–Crippen LogP) is 3.24. The van der Waals surface area contributed by atoms with Crippen molar-refractivity contribution in [2.45, 2.75) is 25.8 Å². The van der Waals surface area contributed by atoms with Gasteiger partial charge >= 0.3 is 0 Å². The molecule has 1 aromatic heterocycles. The second kappa shape index (κ2) is 10.1. The number of piperazine rings is 1. The van der Waals surface area contributed by atoms with Gasteiger partial charge in [-0.2, -0.15) is 0 Å². The van der Waals surface area contributed by atoms with Crippen molar-refractivity contribution in [2.24, 2.45) is 0 Å². The van der Waals surface area contributed by atoms with Gasteiger partial charge < -0.3 is 14.1 Å². The Bertz CT molecular complexity index is 827. The highest BCUT2D eigenvalue weighted by atomic mass is 19.1. The van der Waals surface area contributed by atoms with E-state index in [1.807, 2.05) is 11.0 Å². The highest BCUT2D eigenvalue weighted by Gasteiger charge is 2.24. The van der Waals surface area contributed by atoms with Crippen LogP contribution in [-0.4, -0.2) is 73.0 Å². The largest absolute Gasteiger partial charge is 0.489 e. The number of amides is 1. The van der Waals surface area contributed by atoms with Gasteiger partial charge in [-0.25, -0.2) is 4.39 Å². The van der Waals surface area contributed by atoms with E-state index in [0.717, 1.165) is 38.5 Å². The molecule has 2 aromatic rings. The average Bonchev–Trinajstić information content (AvgIpc) is 3.24. The Kier molecular flexibility index (Phi) is 7.02. The Morgan fingerprint density at radius 2 is 1.70 bits per heavy atom. The third-order valence-electron chi connectivity index (χ3n) is 5.86. The summed E-state index contributed by atoms with van der Waals surface area (Å²) in [4.78, 5) is 19.2. The lowest BCUT2D eigenvalue weighted by molar-refractivity contribution is 0.0585. The number of piperidine rings is 1. The number of halogens is 1. The Balaban J connectivity index is 1.20. The smallest absolute Gasteiger partial charge is 0.289 e. The van der Waals surface area contributed by atoms with Crippen molar-refractivity contribution in [1.29, 1.82) is 0 Å². The first-order valence-corrected chi connectivity index (χ1v) is 10.9. The van der Waals surface area contributed by atoms with Gasteiger partial charge in [0.05, 0.1) is 6.54 Å². The molecule has 0 unspecified atom stereocenters. The molecule has 0 saturated carbocycles. The minimum Gasteiger partial charge on any atom is -0.489 e. The van der Waals surface area contributed by atoms with E-state index >= 15 is 0 Å². The molecule has 2 fully saturated rings. The van der Waals surface area contributed by atoms with Gasteiger partial charge in [-0.05, 0) is 50.2 Å². The molecule has 1 amide bonds. The molecule has 2 aliphatic heterocycles. The van der Waals surface area contributed by atoms with E-state index in [4.69, 9.17) is 9.15 Å². The monoisotopic (exact) mass is 415 g/mol. The van der Waals surface area contributed by atoms with E-state index in [1.54, 1.807) is 24.3 Å². The summed E-state index contributed by atoms with van der Waals surface area (Å²) in [6, 6.07) is 10.2. The summed E-state index contributed by atoms with van der Waals surface area (Å²) in [7, 11) is 0. The lowest BCUT2D eigenvalue weighted by Crippen LogP contribution is -2.49. The summed E-state index contributed by atoms with van der Waals surface area (Å²) >= 11 is 0. The Morgan fingerprint density at radius 1 is 0.933 bits per heavy atom. The van der Waals surface area contributed by atoms with Gasteiger partial charge in [-0.15, -0.1) is 0 Å². The fourth-order valence-corrected chi connectivity index (χ4v) is 4.09. The van der Waals surface area contributed by atoms with Gasteiger partial charge in [0.2, 0.25) is 0 Å². The first-order chi connectivity index (χ1) is 14.7. The quantitative estimate of drug-likeness (QED) is 0.695. The third-order valence-corrected chi connectivity index (χ3v) is 5.86. The fraction of sp³-hybridized carbons (Fsp3) is 0.522. The second-order valence-electron chi connectivity index (χ2n) is 8.02. The number of para-hydroxylation sites is 1. The van der Waals surface area contributed by atoms with Crippen molar-refractivity contribution >= 4 is 5.91 Å². The summed E-state index contributed by atoms with van der Waals surface area (Å²) in [5.41, 5.74) is 0. The third kappa shape index (κ3) is 5.40. The zero-order chi connectivity index (χ0) is 20.8. The topological polar surface area (TPSA) is 49.2 Å². The van der Waals surface area contributed by atoms with Gasteiger partial charge in [-0.3, -0.25) is 14.6 Å². The fourth-order valence-electron chi connectivity index (χ4n) is 4.09. The van der Waals surface area contributed by atoms with Crippen LogP contribution >= 0.6 is 0 Å². The van der Waals surface area contributed by atoms with E-state index in [-0.39, 0.29) is 17.5 Å². The van der Waals surface area contributed by atoms with Crippen LogP contribution in [0.2, 0.25) is 0 Å². The minimum atomic E-state index is -0.342. The van der Waals surface area contributed by atoms with Crippen molar-refractivity contribution < 1.29 is 18.3 Å². The van der Waals surface area contributed by atoms with Crippen LogP contribution in [-0.2, 0) is 6.54 Å². The summed E-state index contributed by atoms with van der Waals surface area (Å²) in [5, 5.41) is 0. The molecule has 0 spiro atoms. The molecule has 6 nitrogen and oxygen atoms in total. The van der Waals surface area contributed by atoms with Gasteiger partial charge in [0.25, 0.3) is 5.91 Å². The molecule has 4 rings (SSSR count). The number of likely N-dealkylation sites (tertiary alicyclic amines) is 1. The number of nitrogens with zero attached hydrogens (tertiary/aromatic N) is 3. The van der Waals surface area contributed by atoms with Crippen LogP contribution in [0.1, 0.15) is 35.6 Å². The van der Waals surface area contributed by atoms with Gasteiger partial charge in [0.1, 0.15) is 12.4 Å². The van der Waals surface area contributed by atoms with Crippen LogP contribution in [0.3, 0.4) is 0 Å². The van der Waals surface area contributed by atoms with E-state index < -0.39 is 0 Å². The Hall–Kier alpha value is -2.38. The minimum absolute atomic E-state index is 0.0397. The van der Waals surface area contributed by atoms with Crippen LogP contribution in [0.25, 0.3) is 0 Å². The Morgan fingerprint density at radius 3 is 2.47 bits per heavy atom. The second-order valence-corrected chi connectivity index (χ2v) is 8.02. The number of carbonyl (C=O) groups is 1. The van der Waals surface area contributed by atoms with E-state index in [1.165, 1.54) is 25.3 Å². The SMILES string of the molecule is O=C(c1ccc(CN2CCCCC2)o1)N1CCN(CCOc2ccccc2F)CC1. The molecule has 0 N–H and O–H groups in total. The van der Waals surface area contributed by atoms with E-state index in [0.29, 0.717) is 32.0 Å². The summed E-state index contributed by atoms with van der Waals surface area (Å²) in [6.07, 6.45) is 3.78. The van der Waals surface area contributed by atoms with E-state index in [2.05, 4.69) is 9.80 Å². The first kappa shape index (κ1) is 20.9. The maximum absolute atomic E-state index is 13.6. The van der Waals surface area contributed by atoms with Gasteiger partial charge in [-0.1, -0.05) is 18.6 Å². The normalized spacial score (nSPS) is 18.5. The zero-order valence-corrected chi connectivity index (χ0v) is 17.4. The molecule has 30 heavy (non-hydrogen) atoms. The van der Waals surface area contributed by atoms with E-state index in [9.17, 15) is 9.18 Å². The molecular formula is C23H30FN3O3. The number of carbonyl (C=O) groups excluding carboxylic acids is 1. The van der Waals surface area contributed by atoms with Crippen LogP contribution in [0.15, 0.2) is 40.8 Å². The molecule has 3 heterocycles. The van der Waals surface area contributed by atoms with Gasteiger partial charge in [0, 0.05) is 32.7 Å². The molecule has 7 heteroatoms. The molecule has 0 atom stereocenters. The lowest BCUT2D eigenvalue weighted by Gasteiger charge is -2.34. The summed E-state index contributed by atoms with van der Waals surface area (Å²) in [6.45, 7) is 6.97. The van der Waals surface area contributed by atoms with Crippen molar-refractivity contribution in [2.75, 3.05) is 52.4 Å². The number of benzene rings is 1. The van der Waals surface area contributed by atoms with Crippen LogP contribution in [0, 0.1) is 5.82 Å². The van der Waals surface area contributed by atoms with Crippen LogP contribution < -0.4 is 4.74 Å². The van der Waals surface area contributed by atoms with Crippen molar-refractivity contribution in [3.05, 3.63) is 53.7 Å². The highest BCUT2D eigenvalue weighted by Crippen LogP contribution is 2.18. The molecule has 2 aliphatic rings. The molecule has 0 bridgehead atoms. The number of furan rings is 1. The maximum Gasteiger partial charge on any atom is 0.289 e. The standard InChI is InChI=1S/C23H30FN3O3/c24-20-6-2-3-7-21(20)29-17-16-25-12-14-27(15-13-25)23(28)22-9-8-19(30-22)18-26-10-4-1-5-11-26/h2-3,6-9H,1,4-5,10-18H2. The number of rotatable bonds is 7. The number of hydrogen-bond donors (Lipinski definition) is 0. The van der Waals surface area contributed by atoms with Crippen molar-refractivity contribution in [3.63, 3.8) is 0 Å². The number of hydrogen-bond acceptors (Lipinski definition) is 5. The molecule has 1 aromatic carbocycles. The summed E-state index contributed by atoms with van der Waals surface area (Å²) < 4.78 is 25.0. The van der Waals surface area contributed by atoms with Crippen LogP contribution in [0.4, 0.5) is 4.39 Å². The van der Waals surface area contributed by atoms with Gasteiger partial charge in [0.15, 0.2) is 17.3 Å². The summed E-state index contributed by atoms with van der Waals surface area (Å²) in [5.74, 6) is 1.19. The van der Waals surface area contributed by atoms with Crippen molar-refractivity contribution in [3.8, 4) is 5.75 Å². The first-order valence-electron chi connectivity index (χ1n) is 10.9. The Labute approximate surface area is 177 Å². The molecule has 0 radical (unpaired) electrons. The molecule has 0 aliphatic carbocycles. The average molecular weight is 416 g/mol. The predicted molar refractivity (Wildman–Crippen MR) is 112 cm³/mol. The number of ether oxygens (including phenoxy) is 1.